The first kappa shape index (κ1) is 33.2. The quantitative estimate of drug-likeness (QED) is 0.221. The van der Waals surface area contributed by atoms with E-state index in [1.807, 2.05) is 23.1 Å². The zero-order valence-corrected chi connectivity index (χ0v) is 27.8. The van der Waals surface area contributed by atoms with Gasteiger partial charge < -0.3 is 14.6 Å². The van der Waals surface area contributed by atoms with Crippen molar-refractivity contribution in [3.8, 4) is 11.1 Å². The van der Waals surface area contributed by atoms with E-state index in [4.69, 9.17) is 14.3 Å². The highest BCUT2D eigenvalue weighted by molar-refractivity contribution is 7.92. The number of hydrogen-bond acceptors (Lipinski definition) is 8. The molecule has 2 amide bonds. The molecule has 1 aliphatic carbocycles. The minimum Gasteiger partial charge on any atom is -0.450 e. The summed E-state index contributed by atoms with van der Waals surface area (Å²) in [5.74, 6) is 0.993. The van der Waals surface area contributed by atoms with Gasteiger partial charge in [0.15, 0.2) is 0 Å². The summed E-state index contributed by atoms with van der Waals surface area (Å²) in [6.07, 6.45) is 6.17. The van der Waals surface area contributed by atoms with Crippen LogP contribution in [0.4, 0.5) is 10.7 Å². The molecule has 1 spiro atoms. The van der Waals surface area contributed by atoms with Gasteiger partial charge in [-0.15, -0.1) is 0 Å². The number of sulfonamides is 1. The Morgan fingerprint density at radius 3 is 2.52 bits per heavy atom. The molecular weight excluding hydrogens is 606 g/mol. The number of unbranched alkanes of at least 4 members (excludes halogenated alkanes) is 1. The van der Waals surface area contributed by atoms with Crippen LogP contribution in [-0.4, -0.2) is 55.0 Å². The van der Waals surface area contributed by atoms with Crippen LogP contribution in [0.3, 0.4) is 0 Å². The molecule has 2 aliphatic rings. The maximum Gasteiger partial charge on any atom is 0.407 e. The van der Waals surface area contributed by atoms with Crippen LogP contribution >= 0.6 is 0 Å². The average molecular weight is 650 g/mol. The lowest BCUT2D eigenvalue weighted by atomic mass is 9.94. The van der Waals surface area contributed by atoms with E-state index < -0.39 is 21.7 Å². The van der Waals surface area contributed by atoms with Crippen LogP contribution in [-0.2, 0) is 32.5 Å². The Hall–Kier alpha value is -4.19. The topological polar surface area (TPSA) is 143 Å². The lowest BCUT2D eigenvalue weighted by Gasteiger charge is -2.23. The number of carbonyl (C=O) groups excluding carboxylic acids is 2. The predicted molar refractivity (Wildman–Crippen MR) is 176 cm³/mol. The van der Waals surface area contributed by atoms with Gasteiger partial charge in [-0.1, -0.05) is 67.7 Å². The number of amidine groups is 1. The third kappa shape index (κ3) is 6.96. The Kier molecular flexibility index (Phi) is 10.1. The van der Waals surface area contributed by atoms with Gasteiger partial charge in [0.2, 0.25) is 5.88 Å². The molecular formula is C34H43N5O6S. The Morgan fingerprint density at radius 1 is 1.07 bits per heavy atom. The third-order valence-corrected chi connectivity index (χ3v) is 10.2. The van der Waals surface area contributed by atoms with Gasteiger partial charge in [-0.3, -0.25) is 14.7 Å². The first-order chi connectivity index (χ1) is 22.1. The minimum atomic E-state index is -4.07. The summed E-state index contributed by atoms with van der Waals surface area (Å²) >= 11 is 0. The SMILES string of the molecule is CCCCC1=NC2(CCCC2)C(=O)N1Cc1ccc(-c2ccccc2S(=O)(=O)Nc2onc(C)c2C)c(CCNC(=O)OCC)c1. The number of aromatic nitrogens is 1. The molecule has 0 unspecified atom stereocenters. The molecule has 0 bridgehead atoms. The lowest BCUT2D eigenvalue weighted by Crippen LogP contribution is -2.40. The lowest BCUT2D eigenvalue weighted by molar-refractivity contribution is -0.131. The van der Waals surface area contributed by atoms with Crippen molar-refractivity contribution in [2.24, 2.45) is 4.99 Å². The predicted octanol–water partition coefficient (Wildman–Crippen LogP) is 6.29. The van der Waals surface area contributed by atoms with Crippen molar-refractivity contribution < 1.29 is 27.3 Å². The molecule has 0 atom stereocenters. The molecule has 1 aliphatic heterocycles. The number of anilines is 1. The summed E-state index contributed by atoms with van der Waals surface area (Å²) in [4.78, 5) is 32.8. The van der Waals surface area contributed by atoms with Gasteiger partial charge in [0.25, 0.3) is 15.9 Å². The number of carbonyl (C=O) groups is 2. The number of amides is 2. The number of aliphatic imine (C=N–C) groups is 1. The van der Waals surface area contributed by atoms with Crippen molar-refractivity contribution in [3.63, 3.8) is 0 Å². The summed E-state index contributed by atoms with van der Waals surface area (Å²) in [7, 11) is -4.07. The van der Waals surface area contributed by atoms with Gasteiger partial charge >= 0.3 is 6.09 Å². The van der Waals surface area contributed by atoms with Gasteiger partial charge in [0, 0.05) is 24.1 Å². The van der Waals surface area contributed by atoms with Crippen LogP contribution in [0.25, 0.3) is 11.1 Å². The molecule has 46 heavy (non-hydrogen) atoms. The monoisotopic (exact) mass is 649 g/mol. The smallest absolute Gasteiger partial charge is 0.407 e. The fraction of sp³-hybridized carbons (Fsp3) is 0.471. The number of hydrogen-bond donors (Lipinski definition) is 2. The van der Waals surface area contributed by atoms with Crippen LogP contribution in [0.5, 0.6) is 0 Å². The van der Waals surface area contributed by atoms with E-state index >= 15 is 0 Å². The standard InChI is InChI=1S/C34H43N5O6S/c1-5-7-14-30-36-34(18-10-11-19-34)32(40)39(30)22-25-15-16-27(26(21-25)17-20-35-33(41)44-6-2)28-12-8-9-13-29(28)46(42,43)38-31-23(3)24(4)37-45-31/h8-9,12-13,15-16,21,38H,5-7,10-11,14,17-20,22H2,1-4H3,(H,35,41). The molecule has 246 valence electrons. The van der Waals surface area contributed by atoms with Gasteiger partial charge in [-0.2, -0.15) is 0 Å². The molecule has 2 aromatic carbocycles. The molecule has 2 heterocycles. The Labute approximate surface area is 270 Å². The van der Waals surface area contributed by atoms with Gasteiger partial charge in [-0.05, 0) is 69.2 Å². The number of benzene rings is 2. The van der Waals surface area contributed by atoms with Crippen molar-refractivity contribution in [3.05, 3.63) is 64.8 Å². The second kappa shape index (κ2) is 14.1. The Morgan fingerprint density at radius 2 is 1.83 bits per heavy atom. The number of nitrogens with zero attached hydrogens (tertiary/aromatic N) is 3. The summed E-state index contributed by atoms with van der Waals surface area (Å²) in [6.45, 7) is 8.24. The normalized spacial score (nSPS) is 15.8. The van der Waals surface area contributed by atoms with Crippen LogP contribution < -0.4 is 10.0 Å². The highest BCUT2D eigenvalue weighted by Gasteiger charge is 2.49. The molecule has 1 fully saturated rings. The maximum atomic E-state index is 13.8. The zero-order valence-electron chi connectivity index (χ0n) is 27.0. The molecule has 1 saturated carbocycles. The molecule has 12 heteroatoms. The number of ether oxygens (including phenoxy) is 1. The third-order valence-electron chi connectivity index (χ3n) is 8.78. The molecule has 3 aromatic rings. The molecule has 2 N–H and O–H groups in total. The fourth-order valence-corrected chi connectivity index (χ4v) is 7.46. The first-order valence-corrected chi connectivity index (χ1v) is 17.5. The molecule has 1 aromatic heterocycles. The van der Waals surface area contributed by atoms with E-state index in [1.54, 1.807) is 45.0 Å². The Bertz CT molecular complexity index is 1730. The largest absolute Gasteiger partial charge is 0.450 e. The fourth-order valence-electron chi connectivity index (χ4n) is 6.19. The number of aryl methyl sites for hydroxylation is 1. The molecule has 0 saturated heterocycles. The second-order valence-corrected chi connectivity index (χ2v) is 13.6. The highest BCUT2D eigenvalue weighted by Crippen LogP contribution is 2.40. The van der Waals surface area contributed by atoms with E-state index in [-0.39, 0.29) is 29.8 Å². The van der Waals surface area contributed by atoms with E-state index in [0.29, 0.717) is 35.3 Å². The van der Waals surface area contributed by atoms with Crippen molar-refractivity contribution in [1.82, 2.24) is 15.4 Å². The van der Waals surface area contributed by atoms with Crippen molar-refractivity contribution in [1.29, 1.82) is 0 Å². The van der Waals surface area contributed by atoms with Gasteiger partial charge in [-0.25, -0.2) is 17.9 Å². The van der Waals surface area contributed by atoms with E-state index in [1.165, 1.54) is 0 Å². The van der Waals surface area contributed by atoms with E-state index in [0.717, 1.165) is 61.9 Å². The summed E-state index contributed by atoms with van der Waals surface area (Å²) < 4.78 is 40.2. The zero-order chi connectivity index (χ0) is 32.9. The van der Waals surface area contributed by atoms with Crippen molar-refractivity contribution in [2.75, 3.05) is 17.9 Å². The molecule has 11 nitrogen and oxygen atoms in total. The van der Waals surface area contributed by atoms with Crippen molar-refractivity contribution >= 4 is 33.7 Å². The van der Waals surface area contributed by atoms with Gasteiger partial charge in [0.05, 0.1) is 23.7 Å². The highest BCUT2D eigenvalue weighted by atomic mass is 32.2. The molecule has 0 radical (unpaired) electrons. The summed E-state index contributed by atoms with van der Waals surface area (Å²) in [5, 5.41) is 6.63. The Balaban J connectivity index is 1.49. The van der Waals surface area contributed by atoms with E-state index in [2.05, 4.69) is 22.1 Å². The number of alkyl carbamates (subject to hydrolysis) is 1. The van der Waals surface area contributed by atoms with Crippen molar-refractivity contribution in [2.45, 2.75) is 96.0 Å². The maximum absolute atomic E-state index is 13.8. The van der Waals surface area contributed by atoms with E-state index in [9.17, 15) is 18.0 Å². The van der Waals surface area contributed by atoms with Crippen LogP contribution in [0, 0.1) is 13.8 Å². The minimum absolute atomic E-state index is 0.0670. The number of nitrogens with one attached hydrogen (secondary N) is 2. The summed E-state index contributed by atoms with van der Waals surface area (Å²) in [6, 6.07) is 12.6. The van der Waals surface area contributed by atoms with Crippen LogP contribution in [0.2, 0.25) is 0 Å². The first-order valence-electron chi connectivity index (χ1n) is 16.1. The summed E-state index contributed by atoms with van der Waals surface area (Å²) in [5.41, 5.74) is 3.47. The average Bonchev–Trinajstić information content (AvgIpc) is 3.71. The van der Waals surface area contributed by atoms with Crippen LogP contribution in [0.1, 0.15) is 81.2 Å². The molecule has 5 rings (SSSR count). The number of rotatable bonds is 13. The second-order valence-electron chi connectivity index (χ2n) is 12.0. The van der Waals surface area contributed by atoms with Gasteiger partial charge in [0.1, 0.15) is 11.4 Å². The van der Waals surface area contributed by atoms with Crippen LogP contribution in [0.15, 0.2) is 56.9 Å².